The van der Waals surface area contributed by atoms with Crippen molar-refractivity contribution in [3.63, 3.8) is 0 Å². The van der Waals surface area contributed by atoms with Crippen LogP contribution in [0.5, 0.6) is 0 Å². The van der Waals surface area contributed by atoms with Gasteiger partial charge in [-0.1, -0.05) is 12.1 Å². The first-order chi connectivity index (χ1) is 13.5. The number of aromatic amines is 1. The van der Waals surface area contributed by atoms with Crippen LogP contribution in [0.15, 0.2) is 24.5 Å². The number of hydrogen-bond acceptors (Lipinski definition) is 4. The molecule has 0 saturated carbocycles. The molecule has 2 heterocycles. The fourth-order valence-corrected chi connectivity index (χ4v) is 3.73. The Labute approximate surface area is 164 Å². The van der Waals surface area contributed by atoms with Crippen molar-refractivity contribution in [2.45, 2.75) is 39.2 Å². The Hall–Kier alpha value is -3.16. The third-order valence-electron chi connectivity index (χ3n) is 5.40. The van der Waals surface area contributed by atoms with Crippen LogP contribution in [0.25, 0.3) is 11.4 Å². The number of benzene rings is 1. The van der Waals surface area contributed by atoms with Crippen LogP contribution in [0.3, 0.4) is 0 Å². The molecule has 4 rings (SSSR count). The van der Waals surface area contributed by atoms with E-state index in [0.717, 1.165) is 41.2 Å². The predicted molar refractivity (Wildman–Crippen MR) is 107 cm³/mol. The molecule has 2 aromatic heterocycles. The zero-order valence-electron chi connectivity index (χ0n) is 16.5. The minimum Gasteiger partial charge on any atom is -0.322 e. The minimum atomic E-state index is -0.161. The summed E-state index contributed by atoms with van der Waals surface area (Å²) >= 11 is 0. The Bertz CT molecular complexity index is 1000. The lowest BCUT2D eigenvalue weighted by Crippen LogP contribution is -2.31. The summed E-state index contributed by atoms with van der Waals surface area (Å²) in [5, 5.41) is 18.7. The molecule has 0 spiro atoms. The van der Waals surface area contributed by atoms with Crippen molar-refractivity contribution in [2.75, 3.05) is 12.4 Å². The summed E-state index contributed by atoms with van der Waals surface area (Å²) in [6.07, 6.45) is 6.13. The van der Waals surface area contributed by atoms with E-state index in [1.165, 1.54) is 24.1 Å². The second kappa shape index (κ2) is 7.46. The number of carbonyl (C=O) groups is 1. The second-order valence-electron chi connectivity index (χ2n) is 7.36. The molecule has 0 atom stereocenters. The van der Waals surface area contributed by atoms with Crippen LogP contribution < -0.4 is 5.32 Å². The zero-order chi connectivity index (χ0) is 19.7. The summed E-state index contributed by atoms with van der Waals surface area (Å²) in [5.74, 6) is 0.769. The van der Waals surface area contributed by atoms with Gasteiger partial charge in [-0.25, -0.2) is 4.79 Å². The number of anilines is 1. The van der Waals surface area contributed by atoms with Crippen molar-refractivity contribution in [3.8, 4) is 11.4 Å². The van der Waals surface area contributed by atoms with Gasteiger partial charge in [0.1, 0.15) is 6.33 Å². The van der Waals surface area contributed by atoms with Crippen molar-refractivity contribution in [1.29, 1.82) is 0 Å². The van der Waals surface area contributed by atoms with Gasteiger partial charge in [-0.2, -0.15) is 5.10 Å². The van der Waals surface area contributed by atoms with Crippen LogP contribution in [0, 0.1) is 6.92 Å². The maximum absolute atomic E-state index is 12.8. The molecule has 1 aliphatic carbocycles. The van der Waals surface area contributed by atoms with Crippen LogP contribution >= 0.6 is 0 Å². The lowest BCUT2D eigenvalue weighted by molar-refractivity contribution is 0.220. The molecule has 0 fully saturated rings. The summed E-state index contributed by atoms with van der Waals surface area (Å²) in [4.78, 5) is 14.4. The van der Waals surface area contributed by atoms with Crippen molar-refractivity contribution < 1.29 is 4.79 Å². The number of H-pyrrole nitrogens is 1. The lowest BCUT2D eigenvalue weighted by atomic mass is 9.96. The molecule has 0 saturated heterocycles. The number of amides is 2. The summed E-state index contributed by atoms with van der Waals surface area (Å²) in [6.45, 7) is 2.46. The Morgan fingerprint density at radius 3 is 2.93 bits per heavy atom. The van der Waals surface area contributed by atoms with E-state index in [1.807, 2.05) is 36.7 Å². The first-order valence-corrected chi connectivity index (χ1v) is 9.55. The standard InChI is InChI=1S/C20H25N7O/c1-13-14(19-25-21-12-27(19)3)8-6-10-16(13)22-20(28)26(2)11-18-15-7-4-5-9-17(15)23-24-18/h6,8,10,12H,4-5,7,9,11H2,1-3H3,(H,22,28)(H,23,24). The Kier molecular flexibility index (Phi) is 4.85. The molecule has 8 heteroatoms. The normalized spacial score (nSPS) is 13.2. The largest absolute Gasteiger partial charge is 0.322 e. The van der Waals surface area contributed by atoms with E-state index >= 15 is 0 Å². The number of nitrogens with zero attached hydrogens (tertiary/aromatic N) is 5. The highest BCUT2D eigenvalue weighted by atomic mass is 16.2. The van der Waals surface area contributed by atoms with Crippen molar-refractivity contribution >= 4 is 11.7 Å². The molecule has 28 heavy (non-hydrogen) atoms. The van der Waals surface area contributed by atoms with Crippen LogP contribution in [0.1, 0.15) is 35.4 Å². The van der Waals surface area contributed by atoms with Crippen LogP contribution in [-0.4, -0.2) is 42.9 Å². The molecule has 0 aliphatic heterocycles. The van der Waals surface area contributed by atoms with Gasteiger partial charge in [0.2, 0.25) is 0 Å². The van der Waals surface area contributed by atoms with E-state index in [9.17, 15) is 4.79 Å². The third kappa shape index (κ3) is 3.37. The highest BCUT2D eigenvalue weighted by Crippen LogP contribution is 2.27. The van der Waals surface area contributed by atoms with E-state index in [4.69, 9.17) is 0 Å². The second-order valence-corrected chi connectivity index (χ2v) is 7.36. The smallest absolute Gasteiger partial charge is 0.321 e. The van der Waals surface area contributed by atoms with E-state index < -0.39 is 0 Å². The molecule has 0 bridgehead atoms. The monoisotopic (exact) mass is 379 g/mol. The number of nitrogens with one attached hydrogen (secondary N) is 2. The van der Waals surface area contributed by atoms with Gasteiger partial charge in [-0.3, -0.25) is 5.10 Å². The van der Waals surface area contributed by atoms with Gasteiger partial charge in [0.05, 0.1) is 12.2 Å². The quantitative estimate of drug-likeness (QED) is 0.729. The molecule has 0 radical (unpaired) electrons. The molecule has 2 amide bonds. The minimum absolute atomic E-state index is 0.161. The molecule has 0 unspecified atom stereocenters. The third-order valence-corrected chi connectivity index (χ3v) is 5.40. The molecular weight excluding hydrogens is 354 g/mol. The molecule has 146 valence electrons. The first kappa shape index (κ1) is 18.2. The van der Waals surface area contributed by atoms with Crippen LogP contribution in [0.4, 0.5) is 10.5 Å². The van der Waals surface area contributed by atoms with Gasteiger partial charge in [0.15, 0.2) is 5.82 Å². The van der Waals surface area contributed by atoms with E-state index in [0.29, 0.717) is 6.54 Å². The molecule has 1 aromatic carbocycles. The molecule has 8 nitrogen and oxygen atoms in total. The Morgan fingerprint density at radius 1 is 1.32 bits per heavy atom. The van der Waals surface area contributed by atoms with Gasteiger partial charge in [-0.05, 0) is 49.8 Å². The fourth-order valence-electron chi connectivity index (χ4n) is 3.73. The van der Waals surface area contributed by atoms with E-state index in [1.54, 1.807) is 18.3 Å². The summed E-state index contributed by atoms with van der Waals surface area (Å²) < 4.78 is 1.86. The predicted octanol–water partition coefficient (Wildman–Crippen LogP) is 3.06. The molecule has 2 N–H and O–H groups in total. The topological polar surface area (TPSA) is 91.7 Å². The van der Waals surface area contributed by atoms with Crippen molar-refractivity contribution in [3.05, 3.63) is 47.0 Å². The maximum atomic E-state index is 12.8. The molecule has 3 aromatic rings. The summed E-state index contributed by atoms with van der Waals surface area (Å²) in [7, 11) is 3.69. The Morgan fingerprint density at radius 2 is 2.14 bits per heavy atom. The first-order valence-electron chi connectivity index (χ1n) is 9.55. The number of aryl methyl sites for hydroxylation is 2. The van der Waals surface area contributed by atoms with Crippen molar-refractivity contribution in [2.24, 2.45) is 7.05 Å². The summed E-state index contributed by atoms with van der Waals surface area (Å²) in [6, 6.07) is 5.63. The zero-order valence-corrected chi connectivity index (χ0v) is 16.5. The molecule has 1 aliphatic rings. The number of rotatable bonds is 4. The van der Waals surface area contributed by atoms with Gasteiger partial charge in [-0.15, -0.1) is 10.2 Å². The number of aromatic nitrogens is 5. The number of fused-ring (bicyclic) bond motifs is 1. The summed E-state index contributed by atoms with van der Waals surface area (Å²) in [5.41, 5.74) is 6.14. The average Bonchev–Trinajstić information content (AvgIpc) is 3.30. The Balaban J connectivity index is 1.49. The highest BCUT2D eigenvalue weighted by Gasteiger charge is 2.20. The lowest BCUT2D eigenvalue weighted by Gasteiger charge is -2.20. The number of carbonyl (C=O) groups excluding carboxylic acids is 1. The van der Waals surface area contributed by atoms with Gasteiger partial charge < -0.3 is 14.8 Å². The molecular formula is C20H25N7O. The van der Waals surface area contributed by atoms with E-state index in [2.05, 4.69) is 25.7 Å². The van der Waals surface area contributed by atoms with Gasteiger partial charge >= 0.3 is 6.03 Å². The van der Waals surface area contributed by atoms with Gasteiger partial charge in [0.25, 0.3) is 0 Å². The number of hydrogen-bond donors (Lipinski definition) is 2. The average molecular weight is 379 g/mol. The SMILES string of the molecule is Cc1c(NC(=O)N(C)Cc2n[nH]c3c2CCCC3)cccc1-c1nncn1C. The maximum Gasteiger partial charge on any atom is 0.321 e. The van der Waals surface area contributed by atoms with Crippen LogP contribution in [-0.2, 0) is 26.4 Å². The highest BCUT2D eigenvalue weighted by molar-refractivity contribution is 5.91. The van der Waals surface area contributed by atoms with Gasteiger partial charge in [0, 0.05) is 31.0 Å². The van der Waals surface area contributed by atoms with Crippen LogP contribution in [0.2, 0.25) is 0 Å². The van der Waals surface area contributed by atoms with E-state index in [-0.39, 0.29) is 6.03 Å². The number of urea groups is 1. The fraction of sp³-hybridized carbons (Fsp3) is 0.400. The van der Waals surface area contributed by atoms with Crippen molar-refractivity contribution in [1.82, 2.24) is 29.9 Å².